The molecule has 3 saturated heterocycles. The molecule has 7 heteroatoms. The predicted molar refractivity (Wildman–Crippen MR) is 117 cm³/mol. The van der Waals surface area contributed by atoms with E-state index in [0.29, 0.717) is 16.5 Å². The van der Waals surface area contributed by atoms with Crippen molar-refractivity contribution in [2.75, 3.05) is 11.5 Å². The van der Waals surface area contributed by atoms with E-state index in [2.05, 4.69) is 20.8 Å². The number of thiophene rings is 1. The summed E-state index contributed by atoms with van der Waals surface area (Å²) in [6.45, 7) is 8.86. The number of hydrogen-bond acceptors (Lipinski definition) is 6. The monoisotopic (exact) mass is 445 g/mol. The Balaban J connectivity index is 1.56. The highest BCUT2D eigenvalue weighted by molar-refractivity contribution is 7.17. The van der Waals surface area contributed by atoms with Crippen molar-refractivity contribution < 1.29 is 23.9 Å². The summed E-state index contributed by atoms with van der Waals surface area (Å²) in [5, 5.41) is 0.488. The fourth-order valence-corrected chi connectivity index (χ4v) is 7.44. The van der Waals surface area contributed by atoms with Gasteiger partial charge in [0.05, 0.1) is 36.2 Å². The lowest BCUT2D eigenvalue weighted by atomic mass is 9.69. The molecule has 168 valence electrons. The summed E-state index contributed by atoms with van der Waals surface area (Å²) in [4.78, 5) is 42.2. The number of carbonyl (C=O) groups excluding carboxylic acids is 3. The van der Waals surface area contributed by atoms with Crippen LogP contribution in [0.4, 0.5) is 5.00 Å². The number of hydrogen-bond donors (Lipinski definition) is 0. The molecule has 3 aliphatic heterocycles. The van der Waals surface area contributed by atoms with Crippen LogP contribution in [0.3, 0.4) is 0 Å². The number of amides is 2. The van der Waals surface area contributed by atoms with E-state index >= 15 is 0 Å². The lowest BCUT2D eigenvalue weighted by Gasteiger charge is -2.36. The van der Waals surface area contributed by atoms with Crippen molar-refractivity contribution in [1.29, 1.82) is 0 Å². The van der Waals surface area contributed by atoms with Crippen LogP contribution in [0, 0.1) is 23.2 Å². The molecule has 5 atom stereocenters. The van der Waals surface area contributed by atoms with Gasteiger partial charge in [-0.15, -0.1) is 11.3 Å². The van der Waals surface area contributed by atoms with Crippen molar-refractivity contribution in [3.05, 3.63) is 16.0 Å². The first-order valence-corrected chi connectivity index (χ1v) is 12.4. The van der Waals surface area contributed by atoms with E-state index in [1.807, 2.05) is 0 Å². The first-order chi connectivity index (χ1) is 14.8. The number of anilines is 1. The van der Waals surface area contributed by atoms with Gasteiger partial charge < -0.3 is 9.47 Å². The SMILES string of the molecule is CCOC(=O)c1c(N2C(=O)[C@@H]3[C@H](C2=O)[C@H]2CC[C@H]3O2)sc2c1CC[C@@H](C(C)(C)CC)C2. The normalized spacial score (nSPS) is 31.9. The minimum atomic E-state index is -0.417. The Kier molecular flexibility index (Phi) is 5.05. The molecule has 1 aliphatic carbocycles. The summed E-state index contributed by atoms with van der Waals surface area (Å²) < 4.78 is 11.2. The van der Waals surface area contributed by atoms with Crippen LogP contribution in [0.5, 0.6) is 0 Å². The third kappa shape index (κ3) is 3.03. The maximum absolute atomic E-state index is 13.4. The largest absolute Gasteiger partial charge is 0.462 e. The molecular weight excluding hydrogens is 414 g/mol. The Morgan fingerprint density at radius 2 is 1.77 bits per heavy atom. The minimum Gasteiger partial charge on any atom is -0.462 e. The van der Waals surface area contributed by atoms with Gasteiger partial charge in [-0.25, -0.2) is 9.69 Å². The average Bonchev–Trinajstić information content (AvgIpc) is 3.49. The first kappa shape index (κ1) is 21.1. The van der Waals surface area contributed by atoms with Gasteiger partial charge in [0.25, 0.3) is 0 Å². The standard InChI is InChI=1S/C24H31NO5S/c1-5-24(3,4)12-7-8-13-16(11-12)31-22(17(13)23(28)29-6-2)25-20(26)18-14-9-10-15(30-14)19(18)21(25)27/h12,14-15,18-19H,5-11H2,1-4H3/t12-,14-,15-,18-,19+/m1/s1. The average molecular weight is 446 g/mol. The van der Waals surface area contributed by atoms with Crippen molar-refractivity contribution in [2.24, 2.45) is 23.2 Å². The Bertz CT molecular complexity index is 922. The highest BCUT2D eigenvalue weighted by atomic mass is 32.1. The van der Waals surface area contributed by atoms with Gasteiger partial charge >= 0.3 is 5.97 Å². The Morgan fingerprint density at radius 1 is 1.13 bits per heavy atom. The third-order valence-electron chi connectivity index (χ3n) is 8.23. The van der Waals surface area contributed by atoms with Gasteiger partial charge in [-0.2, -0.15) is 0 Å². The fourth-order valence-electron chi connectivity index (χ4n) is 6.01. The molecule has 1 aromatic heterocycles. The number of esters is 1. The smallest absolute Gasteiger partial charge is 0.341 e. The highest BCUT2D eigenvalue weighted by Gasteiger charge is 2.63. The lowest BCUT2D eigenvalue weighted by molar-refractivity contribution is -0.124. The molecule has 5 rings (SSSR count). The predicted octanol–water partition coefficient (Wildman–Crippen LogP) is 4.13. The molecule has 0 N–H and O–H groups in total. The van der Waals surface area contributed by atoms with E-state index < -0.39 is 17.8 Å². The van der Waals surface area contributed by atoms with Gasteiger partial charge in [0.2, 0.25) is 11.8 Å². The van der Waals surface area contributed by atoms with Gasteiger partial charge in [-0.05, 0) is 55.9 Å². The van der Waals surface area contributed by atoms with Crippen molar-refractivity contribution in [3.63, 3.8) is 0 Å². The lowest BCUT2D eigenvalue weighted by Crippen LogP contribution is -2.34. The maximum Gasteiger partial charge on any atom is 0.341 e. The molecule has 3 fully saturated rings. The number of ether oxygens (including phenoxy) is 2. The first-order valence-electron chi connectivity index (χ1n) is 11.6. The van der Waals surface area contributed by atoms with Crippen LogP contribution in [0.1, 0.15) is 74.2 Å². The van der Waals surface area contributed by atoms with E-state index in [-0.39, 0.29) is 36.0 Å². The summed E-state index contributed by atoms with van der Waals surface area (Å²) in [5.41, 5.74) is 1.64. The molecule has 0 radical (unpaired) electrons. The van der Waals surface area contributed by atoms with Gasteiger partial charge in [0.1, 0.15) is 5.00 Å². The molecule has 0 unspecified atom stereocenters. The molecule has 4 heterocycles. The van der Waals surface area contributed by atoms with Crippen molar-refractivity contribution >= 4 is 34.1 Å². The highest BCUT2D eigenvalue weighted by Crippen LogP contribution is 2.53. The van der Waals surface area contributed by atoms with Gasteiger partial charge in [-0.3, -0.25) is 9.59 Å². The quantitative estimate of drug-likeness (QED) is 0.503. The minimum absolute atomic E-state index is 0.160. The Hall–Kier alpha value is -1.73. The summed E-state index contributed by atoms with van der Waals surface area (Å²) in [7, 11) is 0. The molecule has 6 nitrogen and oxygen atoms in total. The van der Waals surface area contributed by atoms with E-state index in [1.54, 1.807) is 6.92 Å². The molecule has 1 aromatic rings. The van der Waals surface area contributed by atoms with Crippen molar-refractivity contribution in [3.8, 4) is 0 Å². The summed E-state index contributed by atoms with van der Waals surface area (Å²) >= 11 is 1.46. The van der Waals surface area contributed by atoms with Crippen LogP contribution in [0.15, 0.2) is 0 Å². The number of imide groups is 1. The maximum atomic E-state index is 13.4. The van der Waals surface area contributed by atoms with Gasteiger partial charge in [0.15, 0.2) is 0 Å². The van der Waals surface area contributed by atoms with Crippen molar-refractivity contribution in [2.45, 2.75) is 78.4 Å². The summed E-state index contributed by atoms with van der Waals surface area (Å²) in [5.74, 6) is -1.09. The molecule has 31 heavy (non-hydrogen) atoms. The van der Waals surface area contributed by atoms with E-state index in [9.17, 15) is 14.4 Å². The number of rotatable bonds is 5. The van der Waals surface area contributed by atoms with Gasteiger partial charge in [0, 0.05) is 4.88 Å². The third-order valence-corrected chi connectivity index (χ3v) is 9.47. The Labute approximate surface area is 187 Å². The van der Waals surface area contributed by atoms with Gasteiger partial charge in [-0.1, -0.05) is 27.2 Å². The fraction of sp³-hybridized carbons (Fsp3) is 0.708. The topological polar surface area (TPSA) is 72.9 Å². The number of carbonyl (C=O) groups is 3. The van der Waals surface area contributed by atoms with Crippen molar-refractivity contribution in [1.82, 2.24) is 0 Å². The molecule has 4 aliphatic rings. The number of fused-ring (bicyclic) bond motifs is 6. The molecule has 0 aromatic carbocycles. The molecule has 2 bridgehead atoms. The second-order valence-electron chi connectivity index (χ2n) is 10.0. The number of nitrogens with zero attached hydrogens (tertiary/aromatic N) is 1. The zero-order valence-electron chi connectivity index (χ0n) is 18.7. The second kappa shape index (κ2) is 7.41. The molecule has 2 amide bonds. The second-order valence-corrected chi connectivity index (χ2v) is 11.1. The van der Waals surface area contributed by atoms with Crippen LogP contribution in [0.2, 0.25) is 0 Å². The van der Waals surface area contributed by atoms with E-state index in [4.69, 9.17) is 9.47 Å². The summed E-state index contributed by atoms with van der Waals surface area (Å²) in [6.07, 6.45) is 5.10. The molecule has 0 saturated carbocycles. The Morgan fingerprint density at radius 3 is 2.35 bits per heavy atom. The summed E-state index contributed by atoms with van der Waals surface area (Å²) in [6, 6.07) is 0. The molecule has 0 spiro atoms. The zero-order valence-corrected chi connectivity index (χ0v) is 19.5. The van der Waals surface area contributed by atoms with E-state index in [1.165, 1.54) is 16.2 Å². The van der Waals surface area contributed by atoms with Crippen LogP contribution in [0.25, 0.3) is 0 Å². The van der Waals surface area contributed by atoms with Crippen LogP contribution in [-0.2, 0) is 31.9 Å². The molecular formula is C24H31NO5S. The van der Waals surface area contributed by atoms with Crippen LogP contribution in [-0.4, -0.2) is 36.6 Å². The van der Waals surface area contributed by atoms with Crippen LogP contribution < -0.4 is 4.90 Å². The van der Waals surface area contributed by atoms with Crippen LogP contribution >= 0.6 is 11.3 Å². The zero-order chi connectivity index (χ0) is 22.1. The van der Waals surface area contributed by atoms with E-state index in [0.717, 1.165) is 49.0 Å².